The number of rotatable bonds is 5. The Bertz CT molecular complexity index is 1130. The van der Waals surface area contributed by atoms with E-state index in [9.17, 15) is 18.5 Å². The van der Waals surface area contributed by atoms with E-state index < -0.39 is 10.0 Å². The summed E-state index contributed by atoms with van der Waals surface area (Å²) in [4.78, 5) is 17.0. The Kier molecular flexibility index (Phi) is 6.60. The van der Waals surface area contributed by atoms with Crippen molar-refractivity contribution < 1.29 is 13.2 Å². The molecule has 32 heavy (non-hydrogen) atoms. The molecule has 2 saturated heterocycles. The quantitative estimate of drug-likeness (QED) is 0.696. The average molecular weight is 453 g/mol. The van der Waals surface area contributed by atoms with Crippen molar-refractivity contribution in [3.05, 3.63) is 65.2 Å². The molecule has 8 heteroatoms. The number of benzene rings is 2. The maximum absolute atomic E-state index is 13.0. The highest BCUT2D eigenvalue weighted by Gasteiger charge is 2.33. The predicted octanol–water partition coefficient (Wildman–Crippen LogP) is 2.54. The topological polar surface area (TPSA) is 84.7 Å². The van der Waals surface area contributed by atoms with Crippen LogP contribution in [-0.2, 0) is 14.8 Å². The van der Waals surface area contributed by atoms with Gasteiger partial charge in [0.25, 0.3) is 0 Å². The van der Waals surface area contributed by atoms with Crippen molar-refractivity contribution in [1.29, 1.82) is 5.26 Å². The summed E-state index contributed by atoms with van der Waals surface area (Å²) in [5, 5.41) is 9.26. The zero-order chi connectivity index (χ0) is 22.7. The molecule has 2 aliphatic heterocycles. The summed E-state index contributed by atoms with van der Waals surface area (Å²) in [5.41, 5.74) is 2.61. The van der Waals surface area contributed by atoms with Gasteiger partial charge >= 0.3 is 0 Å². The van der Waals surface area contributed by atoms with Gasteiger partial charge in [-0.3, -0.25) is 9.69 Å². The normalized spacial score (nSPS) is 20.2. The highest BCUT2D eigenvalue weighted by atomic mass is 32.2. The zero-order valence-corrected chi connectivity index (χ0v) is 19.1. The predicted molar refractivity (Wildman–Crippen MR) is 121 cm³/mol. The molecule has 168 valence electrons. The fourth-order valence-corrected chi connectivity index (χ4v) is 6.21. The third-order valence-electron chi connectivity index (χ3n) is 6.35. The fraction of sp³-hybridized carbons (Fsp3) is 0.417. The van der Waals surface area contributed by atoms with Gasteiger partial charge in [0.1, 0.15) is 6.07 Å². The lowest BCUT2D eigenvalue weighted by atomic mass is 10.0. The first-order valence-electron chi connectivity index (χ1n) is 11.0. The van der Waals surface area contributed by atoms with Gasteiger partial charge in [0.15, 0.2) is 0 Å². The lowest BCUT2D eigenvalue weighted by Gasteiger charge is -2.35. The van der Waals surface area contributed by atoms with Gasteiger partial charge in [-0.25, -0.2) is 8.42 Å². The second-order valence-corrected chi connectivity index (χ2v) is 10.3. The van der Waals surface area contributed by atoms with E-state index in [1.54, 1.807) is 17.0 Å². The first kappa shape index (κ1) is 22.5. The number of aryl methyl sites for hydroxylation is 1. The smallest absolute Gasteiger partial charge is 0.244 e. The summed E-state index contributed by atoms with van der Waals surface area (Å²) >= 11 is 0. The van der Waals surface area contributed by atoms with Crippen LogP contribution < -0.4 is 0 Å². The minimum Gasteiger partial charge on any atom is -0.339 e. The molecule has 2 aromatic carbocycles. The van der Waals surface area contributed by atoms with Gasteiger partial charge in [-0.1, -0.05) is 42.0 Å². The molecule has 1 amide bonds. The fourth-order valence-electron chi connectivity index (χ4n) is 4.64. The number of likely N-dealkylation sites (tertiary alicyclic amines) is 1. The Balaban J connectivity index is 1.38. The van der Waals surface area contributed by atoms with E-state index in [4.69, 9.17) is 0 Å². The third kappa shape index (κ3) is 4.56. The molecular weight excluding hydrogens is 424 g/mol. The van der Waals surface area contributed by atoms with E-state index in [2.05, 4.69) is 36.1 Å². The Morgan fingerprint density at radius 1 is 1.06 bits per heavy atom. The molecule has 0 radical (unpaired) electrons. The van der Waals surface area contributed by atoms with Crippen molar-refractivity contribution >= 4 is 15.9 Å². The van der Waals surface area contributed by atoms with E-state index in [-0.39, 0.29) is 35.5 Å². The van der Waals surface area contributed by atoms with Crippen molar-refractivity contribution in [2.75, 3.05) is 39.3 Å². The number of sulfonamides is 1. The van der Waals surface area contributed by atoms with Crippen LogP contribution in [0.3, 0.4) is 0 Å². The van der Waals surface area contributed by atoms with Crippen LogP contribution in [0.5, 0.6) is 0 Å². The highest BCUT2D eigenvalue weighted by Crippen LogP contribution is 2.32. The van der Waals surface area contributed by atoms with Gasteiger partial charge in [-0.2, -0.15) is 9.57 Å². The average Bonchev–Trinajstić information content (AvgIpc) is 3.27. The summed E-state index contributed by atoms with van der Waals surface area (Å²) in [6.45, 7) is 4.50. The molecule has 4 rings (SSSR count). The first-order chi connectivity index (χ1) is 15.4. The van der Waals surface area contributed by atoms with Crippen LogP contribution in [0.1, 0.15) is 35.6 Å². The molecule has 0 bridgehead atoms. The summed E-state index contributed by atoms with van der Waals surface area (Å²) in [6, 6.07) is 16.9. The van der Waals surface area contributed by atoms with Gasteiger partial charge in [-0.15, -0.1) is 0 Å². The Hall–Kier alpha value is -2.73. The maximum Gasteiger partial charge on any atom is 0.244 e. The van der Waals surface area contributed by atoms with Crippen LogP contribution in [0, 0.1) is 18.3 Å². The number of carbonyl (C=O) groups excluding carboxylic acids is 1. The summed E-state index contributed by atoms with van der Waals surface area (Å²) in [7, 11) is -3.76. The second-order valence-electron chi connectivity index (χ2n) is 8.44. The van der Waals surface area contributed by atoms with Crippen LogP contribution in [0.2, 0.25) is 0 Å². The molecule has 0 aromatic heterocycles. The van der Waals surface area contributed by atoms with Crippen LogP contribution in [0.4, 0.5) is 0 Å². The maximum atomic E-state index is 13.0. The van der Waals surface area contributed by atoms with E-state index >= 15 is 0 Å². The van der Waals surface area contributed by atoms with Crippen molar-refractivity contribution in [1.82, 2.24) is 14.1 Å². The van der Waals surface area contributed by atoms with E-state index in [1.807, 2.05) is 6.07 Å². The van der Waals surface area contributed by atoms with Gasteiger partial charge in [0.05, 0.1) is 17.0 Å². The first-order valence-corrected chi connectivity index (χ1v) is 12.4. The number of hydrogen-bond donors (Lipinski definition) is 0. The Labute approximate surface area is 189 Å². The Morgan fingerprint density at radius 2 is 1.81 bits per heavy atom. The molecule has 0 spiro atoms. The standard InChI is InChI=1S/C24H28N4O3S/c1-19-6-4-8-20(16-19)22-9-5-11-27(22)18-24(29)26-12-14-28(15-13-26)32(30,31)23-10-3-2-7-21(23)17-25/h2-4,6-8,10,16,22H,5,9,11-15,18H2,1H3. The summed E-state index contributed by atoms with van der Waals surface area (Å²) in [6.07, 6.45) is 2.11. The minimum absolute atomic E-state index is 0.0281. The summed E-state index contributed by atoms with van der Waals surface area (Å²) < 4.78 is 27.4. The van der Waals surface area contributed by atoms with Gasteiger partial charge in [-0.05, 0) is 44.0 Å². The van der Waals surface area contributed by atoms with Crippen LogP contribution in [0.15, 0.2) is 53.4 Å². The second kappa shape index (κ2) is 9.41. The van der Waals surface area contributed by atoms with Crippen molar-refractivity contribution in [3.63, 3.8) is 0 Å². The Morgan fingerprint density at radius 3 is 2.53 bits per heavy atom. The molecule has 2 aromatic rings. The van der Waals surface area contributed by atoms with Crippen LogP contribution >= 0.6 is 0 Å². The molecule has 0 N–H and O–H groups in total. The molecular formula is C24H28N4O3S. The molecule has 2 fully saturated rings. The van der Waals surface area contributed by atoms with Gasteiger partial charge < -0.3 is 4.90 Å². The molecule has 1 atom stereocenters. The lowest BCUT2D eigenvalue weighted by molar-refractivity contribution is -0.133. The number of nitriles is 1. The minimum atomic E-state index is -3.76. The number of carbonyl (C=O) groups is 1. The number of piperazine rings is 1. The highest BCUT2D eigenvalue weighted by molar-refractivity contribution is 7.89. The molecule has 2 aliphatic rings. The molecule has 7 nitrogen and oxygen atoms in total. The number of hydrogen-bond acceptors (Lipinski definition) is 5. The van der Waals surface area contributed by atoms with Crippen molar-refractivity contribution in [2.24, 2.45) is 0 Å². The van der Waals surface area contributed by atoms with Crippen molar-refractivity contribution in [3.8, 4) is 6.07 Å². The van der Waals surface area contributed by atoms with Gasteiger partial charge in [0, 0.05) is 32.2 Å². The van der Waals surface area contributed by atoms with Crippen LogP contribution in [-0.4, -0.2) is 67.7 Å². The molecule has 0 aliphatic carbocycles. The molecule has 1 unspecified atom stereocenters. The SMILES string of the molecule is Cc1cccc(C2CCCN2CC(=O)N2CCN(S(=O)(=O)c3ccccc3C#N)CC2)c1. The third-order valence-corrected chi connectivity index (χ3v) is 8.30. The van der Waals surface area contributed by atoms with Crippen molar-refractivity contribution in [2.45, 2.75) is 30.7 Å². The zero-order valence-electron chi connectivity index (χ0n) is 18.3. The van der Waals surface area contributed by atoms with E-state index in [1.165, 1.54) is 27.6 Å². The monoisotopic (exact) mass is 452 g/mol. The number of amides is 1. The summed E-state index contributed by atoms with van der Waals surface area (Å²) in [5.74, 6) is 0.0408. The number of nitrogens with zero attached hydrogens (tertiary/aromatic N) is 4. The molecule has 0 saturated carbocycles. The van der Waals surface area contributed by atoms with Gasteiger partial charge in [0.2, 0.25) is 15.9 Å². The van der Waals surface area contributed by atoms with E-state index in [0.717, 1.165) is 19.4 Å². The lowest BCUT2D eigenvalue weighted by Crippen LogP contribution is -2.52. The molecule has 2 heterocycles. The largest absolute Gasteiger partial charge is 0.339 e. The van der Waals surface area contributed by atoms with E-state index in [0.29, 0.717) is 19.6 Å². The van der Waals surface area contributed by atoms with Crippen LogP contribution in [0.25, 0.3) is 0 Å².